The second-order valence-corrected chi connectivity index (χ2v) is 6.01. The van der Waals surface area contributed by atoms with Crippen LogP contribution in [0.25, 0.3) is 0 Å². The molecule has 2 N–H and O–H groups in total. The summed E-state index contributed by atoms with van der Waals surface area (Å²) in [6.07, 6.45) is -1.19. The molecule has 6 nitrogen and oxygen atoms in total. The van der Waals surface area contributed by atoms with Crippen LogP contribution in [0.3, 0.4) is 0 Å². The van der Waals surface area contributed by atoms with Crippen molar-refractivity contribution in [1.82, 2.24) is 0 Å². The molecule has 25 heavy (non-hydrogen) atoms. The average Bonchev–Trinajstić information content (AvgIpc) is 2.61. The fraction of sp³-hybridized carbons (Fsp3) is 0.222. The molecule has 2 aromatic rings. The second-order valence-electron chi connectivity index (χ2n) is 5.16. The number of nitrogens with two attached hydrogens (primary N) is 1. The number of methoxy groups -OCH3 is 2. The molecule has 2 rings (SSSR count). The van der Waals surface area contributed by atoms with Gasteiger partial charge in [0.25, 0.3) is 5.91 Å². The number of primary amides is 1. The summed E-state index contributed by atoms with van der Waals surface area (Å²) >= 11 is 3.38. The third-order valence-electron chi connectivity index (χ3n) is 3.50. The molecule has 1 amide bonds. The first-order valence-corrected chi connectivity index (χ1v) is 8.19. The average molecular weight is 408 g/mol. The standard InChI is InChI=1S/C18H18BrNO5/c1-23-14-8-12(13(19)10-15(14)24-2)9-16(21)25-17(18(20)22)11-6-4-3-5-7-11/h3-8,10,17H,9H2,1-2H3,(H2,20,22)/t17-/m1/s1. The minimum Gasteiger partial charge on any atom is -0.493 e. The molecular formula is C18H18BrNO5. The molecule has 0 aliphatic heterocycles. The maximum atomic E-state index is 12.3. The van der Waals surface area contributed by atoms with Crippen molar-refractivity contribution in [2.75, 3.05) is 14.2 Å². The largest absolute Gasteiger partial charge is 0.493 e. The molecule has 0 heterocycles. The Balaban J connectivity index is 2.17. The lowest BCUT2D eigenvalue weighted by Gasteiger charge is -2.16. The summed E-state index contributed by atoms with van der Waals surface area (Å²) in [5.74, 6) is -0.291. The summed E-state index contributed by atoms with van der Waals surface area (Å²) in [4.78, 5) is 23.9. The van der Waals surface area contributed by atoms with Crippen molar-refractivity contribution in [3.8, 4) is 11.5 Å². The van der Waals surface area contributed by atoms with Crippen molar-refractivity contribution in [2.24, 2.45) is 5.73 Å². The fourth-order valence-electron chi connectivity index (χ4n) is 2.28. The monoisotopic (exact) mass is 407 g/mol. The summed E-state index contributed by atoms with van der Waals surface area (Å²) in [6.45, 7) is 0. The van der Waals surface area contributed by atoms with E-state index in [1.807, 2.05) is 0 Å². The maximum absolute atomic E-state index is 12.3. The van der Waals surface area contributed by atoms with Gasteiger partial charge in [0.1, 0.15) is 0 Å². The van der Waals surface area contributed by atoms with Gasteiger partial charge in [-0.2, -0.15) is 0 Å². The van der Waals surface area contributed by atoms with Gasteiger partial charge in [-0.3, -0.25) is 9.59 Å². The van der Waals surface area contributed by atoms with Crippen LogP contribution in [0.4, 0.5) is 0 Å². The zero-order chi connectivity index (χ0) is 18.4. The predicted molar refractivity (Wildman–Crippen MR) is 95.4 cm³/mol. The Morgan fingerprint density at radius 3 is 2.24 bits per heavy atom. The number of carbonyl (C=O) groups is 2. The van der Waals surface area contributed by atoms with Crippen molar-refractivity contribution in [3.63, 3.8) is 0 Å². The molecule has 0 fully saturated rings. The van der Waals surface area contributed by atoms with Crippen LogP contribution in [0, 0.1) is 0 Å². The maximum Gasteiger partial charge on any atom is 0.311 e. The third kappa shape index (κ3) is 4.73. The lowest BCUT2D eigenvalue weighted by molar-refractivity contribution is -0.154. The van der Waals surface area contributed by atoms with Gasteiger partial charge in [0, 0.05) is 10.0 Å². The molecule has 0 radical (unpaired) electrons. The van der Waals surface area contributed by atoms with Gasteiger partial charge in [0.2, 0.25) is 6.10 Å². The van der Waals surface area contributed by atoms with Gasteiger partial charge in [-0.1, -0.05) is 46.3 Å². The molecular weight excluding hydrogens is 390 g/mol. The van der Waals surface area contributed by atoms with E-state index in [1.165, 1.54) is 14.2 Å². The summed E-state index contributed by atoms with van der Waals surface area (Å²) in [5.41, 5.74) is 6.52. The van der Waals surface area contributed by atoms with Crippen LogP contribution in [0.5, 0.6) is 11.5 Å². The normalized spacial score (nSPS) is 11.5. The van der Waals surface area contributed by atoms with E-state index in [9.17, 15) is 9.59 Å². The molecule has 2 aromatic carbocycles. The Morgan fingerprint density at radius 2 is 1.68 bits per heavy atom. The van der Waals surface area contributed by atoms with E-state index >= 15 is 0 Å². The van der Waals surface area contributed by atoms with E-state index in [-0.39, 0.29) is 6.42 Å². The van der Waals surface area contributed by atoms with Crippen LogP contribution in [0.15, 0.2) is 46.9 Å². The fourth-order valence-corrected chi connectivity index (χ4v) is 2.74. The van der Waals surface area contributed by atoms with E-state index in [1.54, 1.807) is 42.5 Å². The first-order valence-electron chi connectivity index (χ1n) is 7.40. The van der Waals surface area contributed by atoms with Crippen LogP contribution < -0.4 is 15.2 Å². The first kappa shape index (κ1) is 18.8. The summed E-state index contributed by atoms with van der Waals surface area (Å²) in [5, 5.41) is 0. The number of halogens is 1. The molecule has 0 saturated carbocycles. The molecule has 0 saturated heterocycles. The van der Waals surface area contributed by atoms with E-state index in [0.717, 1.165) is 0 Å². The number of esters is 1. The van der Waals surface area contributed by atoms with E-state index in [2.05, 4.69) is 15.9 Å². The van der Waals surface area contributed by atoms with Crippen molar-refractivity contribution in [3.05, 3.63) is 58.1 Å². The van der Waals surface area contributed by atoms with Gasteiger partial charge < -0.3 is 19.9 Å². The molecule has 0 bridgehead atoms. The zero-order valence-corrected chi connectivity index (χ0v) is 15.4. The van der Waals surface area contributed by atoms with Crippen molar-refractivity contribution >= 4 is 27.8 Å². The van der Waals surface area contributed by atoms with Crippen LogP contribution in [-0.4, -0.2) is 26.1 Å². The van der Waals surface area contributed by atoms with Crippen LogP contribution >= 0.6 is 15.9 Å². The molecule has 0 spiro atoms. The number of rotatable bonds is 7. The van der Waals surface area contributed by atoms with Crippen LogP contribution in [-0.2, 0) is 20.7 Å². The molecule has 0 unspecified atom stereocenters. The molecule has 0 aromatic heterocycles. The first-order chi connectivity index (χ1) is 12.0. The number of carbonyl (C=O) groups excluding carboxylic acids is 2. The van der Waals surface area contributed by atoms with E-state index in [0.29, 0.717) is 27.1 Å². The highest BCUT2D eigenvalue weighted by Crippen LogP contribution is 2.33. The van der Waals surface area contributed by atoms with Gasteiger partial charge in [-0.05, 0) is 17.7 Å². The second kappa shape index (κ2) is 8.53. The van der Waals surface area contributed by atoms with Gasteiger partial charge >= 0.3 is 5.97 Å². The highest BCUT2D eigenvalue weighted by atomic mass is 79.9. The molecule has 0 aliphatic rings. The number of amides is 1. The minimum atomic E-state index is -1.13. The lowest BCUT2D eigenvalue weighted by atomic mass is 10.1. The number of hydrogen-bond donors (Lipinski definition) is 1. The molecule has 1 atom stereocenters. The Labute approximate surface area is 154 Å². The zero-order valence-electron chi connectivity index (χ0n) is 13.8. The smallest absolute Gasteiger partial charge is 0.311 e. The Hall–Kier alpha value is -2.54. The highest BCUT2D eigenvalue weighted by Gasteiger charge is 2.23. The number of hydrogen-bond acceptors (Lipinski definition) is 5. The summed E-state index contributed by atoms with van der Waals surface area (Å²) < 4.78 is 16.4. The Kier molecular flexibility index (Phi) is 6.41. The molecule has 0 aliphatic carbocycles. The Morgan fingerprint density at radius 1 is 1.08 bits per heavy atom. The van der Waals surface area contributed by atoms with Gasteiger partial charge in [-0.15, -0.1) is 0 Å². The lowest BCUT2D eigenvalue weighted by Crippen LogP contribution is -2.26. The SMILES string of the molecule is COc1cc(Br)c(CC(=O)O[C@@H](C(N)=O)c2ccccc2)cc1OC. The van der Waals surface area contributed by atoms with Crippen LogP contribution in [0.2, 0.25) is 0 Å². The van der Waals surface area contributed by atoms with Gasteiger partial charge in [0.05, 0.1) is 20.6 Å². The summed E-state index contributed by atoms with van der Waals surface area (Å²) in [6, 6.07) is 12.0. The van der Waals surface area contributed by atoms with E-state index in [4.69, 9.17) is 19.9 Å². The minimum absolute atomic E-state index is 0.0580. The topological polar surface area (TPSA) is 87.9 Å². The van der Waals surface area contributed by atoms with Gasteiger partial charge in [-0.25, -0.2) is 0 Å². The van der Waals surface area contributed by atoms with Gasteiger partial charge in [0.15, 0.2) is 11.5 Å². The van der Waals surface area contributed by atoms with Crippen molar-refractivity contribution in [1.29, 1.82) is 0 Å². The number of benzene rings is 2. The predicted octanol–water partition coefficient (Wildman–Crippen LogP) is 2.78. The Bertz CT molecular complexity index is 764. The summed E-state index contributed by atoms with van der Waals surface area (Å²) in [7, 11) is 3.03. The third-order valence-corrected chi connectivity index (χ3v) is 4.24. The number of ether oxygens (including phenoxy) is 3. The molecule has 7 heteroatoms. The van der Waals surface area contributed by atoms with Crippen LogP contribution in [0.1, 0.15) is 17.2 Å². The van der Waals surface area contributed by atoms with E-state index < -0.39 is 18.0 Å². The van der Waals surface area contributed by atoms with Crippen molar-refractivity contribution in [2.45, 2.75) is 12.5 Å². The highest BCUT2D eigenvalue weighted by molar-refractivity contribution is 9.10. The van der Waals surface area contributed by atoms with Crippen molar-refractivity contribution < 1.29 is 23.8 Å². The molecule has 132 valence electrons. The quantitative estimate of drug-likeness (QED) is 0.712.